The number of nitrogens with one attached hydrogen (secondary N) is 2. The molecule has 1 aliphatic heterocycles. The minimum atomic E-state index is -0.265. The molecule has 0 aliphatic carbocycles. The number of aromatic amines is 1. The number of H-pyrrole nitrogens is 1. The number of carbonyl (C=O) groups excluding carboxylic acids is 2. The van der Waals surface area contributed by atoms with Gasteiger partial charge in [0.2, 0.25) is 5.91 Å². The van der Waals surface area contributed by atoms with E-state index in [9.17, 15) is 9.59 Å². The minimum absolute atomic E-state index is 0.0295. The van der Waals surface area contributed by atoms with Crippen LogP contribution in [0.1, 0.15) is 47.8 Å². The van der Waals surface area contributed by atoms with E-state index < -0.39 is 0 Å². The normalized spacial score (nSPS) is 15.7. The molecule has 1 aromatic carbocycles. The maximum atomic E-state index is 12.8. The largest absolute Gasteiger partial charge is 0.493 e. The summed E-state index contributed by atoms with van der Waals surface area (Å²) < 4.78 is 10.5. The number of aromatic nitrogens is 3. The smallest absolute Gasteiger partial charge is 0.253 e. The molecule has 2 N–H and O–H groups in total. The second-order valence-electron chi connectivity index (χ2n) is 7.15. The average molecular weight is 401 g/mol. The van der Waals surface area contributed by atoms with Crippen LogP contribution < -0.4 is 14.8 Å². The van der Waals surface area contributed by atoms with E-state index in [-0.39, 0.29) is 23.8 Å². The molecule has 1 fully saturated rings. The predicted molar refractivity (Wildman–Crippen MR) is 106 cm³/mol. The second kappa shape index (κ2) is 8.93. The van der Waals surface area contributed by atoms with Gasteiger partial charge in [-0.25, -0.2) is 4.98 Å². The number of benzene rings is 1. The molecule has 0 spiro atoms. The first kappa shape index (κ1) is 20.6. The van der Waals surface area contributed by atoms with E-state index in [1.807, 2.05) is 13.8 Å². The van der Waals surface area contributed by atoms with Crippen LogP contribution in [0.15, 0.2) is 18.2 Å². The molecule has 3 rings (SSSR count). The van der Waals surface area contributed by atoms with Gasteiger partial charge in [0.15, 0.2) is 17.3 Å². The fourth-order valence-corrected chi connectivity index (χ4v) is 3.45. The number of carbonyl (C=O) groups is 2. The lowest BCUT2D eigenvalue weighted by molar-refractivity contribution is -0.127. The first-order chi connectivity index (χ1) is 13.9. The van der Waals surface area contributed by atoms with E-state index in [2.05, 4.69) is 20.5 Å². The Bertz CT molecular complexity index is 874. The number of rotatable bonds is 6. The standard InChI is InChI=1S/C20H27N5O4/c1-12(18-22-13(2)23-24-18)21-19(26)14-7-9-25(10-8-14)20(27)15-5-6-16(28-3)17(11-15)29-4/h5-6,11-12,14H,7-10H2,1-4H3,(H,21,26)(H,22,23,24)/t12-/m1/s1. The van der Waals surface area contributed by atoms with Crippen LogP contribution in [0.5, 0.6) is 11.5 Å². The first-order valence-electron chi connectivity index (χ1n) is 9.63. The summed E-state index contributed by atoms with van der Waals surface area (Å²) in [6, 6.07) is 4.86. The highest BCUT2D eigenvalue weighted by atomic mass is 16.5. The summed E-state index contributed by atoms with van der Waals surface area (Å²) in [7, 11) is 3.09. The van der Waals surface area contributed by atoms with Gasteiger partial charge in [0.05, 0.1) is 20.3 Å². The van der Waals surface area contributed by atoms with Crippen molar-refractivity contribution in [1.82, 2.24) is 25.4 Å². The Morgan fingerprint density at radius 1 is 1.21 bits per heavy atom. The van der Waals surface area contributed by atoms with E-state index >= 15 is 0 Å². The van der Waals surface area contributed by atoms with Crippen molar-refractivity contribution in [3.05, 3.63) is 35.4 Å². The molecule has 2 amide bonds. The lowest BCUT2D eigenvalue weighted by Gasteiger charge is -2.32. The SMILES string of the molecule is COc1ccc(C(=O)N2CCC(C(=O)N[C@H](C)c3n[nH]c(C)n3)CC2)cc1OC. The van der Waals surface area contributed by atoms with Crippen molar-refractivity contribution in [2.75, 3.05) is 27.3 Å². The topological polar surface area (TPSA) is 109 Å². The summed E-state index contributed by atoms with van der Waals surface area (Å²) >= 11 is 0. The molecule has 156 valence electrons. The van der Waals surface area contributed by atoms with Crippen LogP contribution in [0.4, 0.5) is 0 Å². The van der Waals surface area contributed by atoms with Gasteiger partial charge in [0.1, 0.15) is 5.82 Å². The van der Waals surface area contributed by atoms with Crippen LogP contribution in [0.2, 0.25) is 0 Å². The summed E-state index contributed by atoms with van der Waals surface area (Å²) in [5.74, 6) is 2.14. The fourth-order valence-electron chi connectivity index (χ4n) is 3.45. The monoisotopic (exact) mass is 401 g/mol. The van der Waals surface area contributed by atoms with Crippen molar-refractivity contribution in [2.45, 2.75) is 32.7 Å². The Labute approximate surface area is 169 Å². The number of aryl methyl sites for hydroxylation is 1. The second-order valence-corrected chi connectivity index (χ2v) is 7.15. The van der Waals surface area contributed by atoms with Gasteiger partial charge in [-0.05, 0) is 44.9 Å². The quantitative estimate of drug-likeness (QED) is 0.765. The number of nitrogens with zero attached hydrogens (tertiary/aromatic N) is 3. The number of piperidine rings is 1. The zero-order valence-electron chi connectivity index (χ0n) is 17.2. The van der Waals surface area contributed by atoms with E-state index in [4.69, 9.17) is 9.47 Å². The van der Waals surface area contributed by atoms with Crippen LogP contribution in [0.25, 0.3) is 0 Å². The molecular formula is C20H27N5O4. The van der Waals surface area contributed by atoms with Gasteiger partial charge >= 0.3 is 0 Å². The van der Waals surface area contributed by atoms with Gasteiger partial charge in [-0.1, -0.05) is 0 Å². The Morgan fingerprint density at radius 2 is 1.90 bits per heavy atom. The van der Waals surface area contributed by atoms with Gasteiger partial charge in [0.25, 0.3) is 5.91 Å². The summed E-state index contributed by atoms with van der Waals surface area (Å²) in [6.45, 7) is 4.73. The van der Waals surface area contributed by atoms with Gasteiger partial charge in [-0.2, -0.15) is 5.10 Å². The van der Waals surface area contributed by atoms with E-state index in [0.717, 1.165) is 0 Å². The average Bonchev–Trinajstić information content (AvgIpc) is 3.19. The summed E-state index contributed by atoms with van der Waals surface area (Å²) in [4.78, 5) is 31.4. The fraction of sp³-hybridized carbons (Fsp3) is 0.500. The van der Waals surface area contributed by atoms with Crippen LogP contribution in [0, 0.1) is 12.8 Å². The van der Waals surface area contributed by atoms with E-state index in [0.29, 0.717) is 54.6 Å². The number of ether oxygens (including phenoxy) is 2. The van der Waals surface area contributed by atoms with Gasteiger partial charge in [-0.3, -0.25) is 14.7 Å². The predicted octanol–water partition coefficient (Wildman–Crippen LogP) is 1.86. The molecule has 1 aromatic heterocycles. The highest BCUT2D eigenvalue weighted by molar-refractivity contribution is 5.95. The Morgan fingerprint density at radius 3 is 2.48 bits per heavy atom. The molecule has 2 heterocycles. The molecule has 2 aromatic rings. The number of hydrogen-bond acceptors (Lipinski definition) is 6. The van der Waals surface area contributed by atoms with Gasteiger partial charge in [0, 0.05) is 24.6 Å². The first-order valence-corrected chi connectivity index (χ1v) is 9.63. The van der Waals surface area contributed by atoms with Crippen LogP contribution in [-0.2, 0) is 4.79 Å². The number of likely N-dealkylation sites (tertiary alicyclic amines) is 1. The lowest BCUT2D eigenvalue weighted by Crippen LogP contribution is -2.43. The molecule has 1 atom stereocenters. The highest BCUT2D eigenvalue weighted by Gasteiger charge is 2.29. The molecule has 29 heavy (non-hydrogen) atoms. The van der Waals surface area contributed by atoms with Crippen LogP contribution >= 0.6 is 0 Å². The molecule has 9 heteroatoms. The molecule has 1 saturated heterocycles. The third kappa shape index (κ3) is 4.67. The Kier molecular flexibility index (Phi) is 6.36. The molecular weight excluding hydrogens is 374 g/mol. The van der Waals surface area contributed by atoms with Gasteiger partial charge in [-0.15, -0.1) is 0 Å². The van der Waals surface area contributed by atoms with Gasteiger partial charge < -0.3 is 19.7 Å². The van der Waals surface area contributed by atoms with Crippen molar-refractivity contribution in [3.8, 4) is 11.5 Å². The minimum Gasteiger partial charge on any atom is -0.493 e. The van der Waals surface area contributed by atoms with Crippen molar-refractivity contribution in [1.29, 1.82) is 0 Å². The third-order valence-electron chi connectivity index (χ3n) is 5.14. The maximum absolute atomic E-state index is 12.8. The van der Waals surface area contributed by atoms with E-state index in [1.165, 1.54) is 7.11 Å². The Hall–Kier alpha value is -3.10. The lowest BCUT2D eigenvalue weighted by atomic mass is 9.95. The van der Waals surface area contributed by atoms with Crippen molar-refractivity contribution in [3.63, 3.8) is 0 Å². The zero-order chi connectivity index (χ0) is 21.0. The third-order valence-corrected chi connectivity index (χ3v) is 5.14. The molecule has 0 unspecified atom stereocenters. The maximum Gasteiger partial charge on any atom is 0.253 e. The van der Waals surface area contributed by atoms with Crippen molar-refractivity contribution < 1.29 is 19.1 Å². The van der Waals surface area contributed by atoms with Crippen molar-refractivity contribution in [2.24, 2.45) is 5.92 Å². The number of amides is 2. The molecule has 0 bridgehead atoms. The molecule has 0 saturated carbocycles. The Balaban J connectivity index is 1.55. The van der Waals surface area contributed by atoms with Crippen LogP contribution in [-0.4, -0.2) is 59.2 Å². The van der Waals surface area contributed by atoms with Crippen molar-refractivity contribution >= 4 is 11.8 Å². The summed E-state index contributed by atoms with van der Waals surface area (Å²) in [5.41, 5.74) is 0.541. The molecule has 9 nitrogen and oxygen atoms in total. The molecule has 1 aliphatic rings. The molecule has 0 radical (unpaired) electrons. The highest BCUT2D eigenvalue weighted by Crippen LogP contribution is 2.29. The van der Waals surface area contributed by atoms with Crippen LogP contribution in [0.3, 0.4) is 0 Å². The number of hydrogen-bond donors (Lipinski definition) is 2. The zero-order valence-corrected chi connectivity index (χ0v) is 17.2. The summed E-state index contributed by atoms with van der Waals surface area (Å²) in [6.07, 6.45) is 1.23. The summed E-state index contributed by atoms with van der Waals surface area (Å²) in [5, 5.41) is 9.83. The number of methoxy groups -OCH3 is 2. The van der Waals surface area contributed by atoms with E-state index in [1.54, 1.807) is 30.2 Å².